The highest BCUT2D eigenvalue weighted by atomic mass is 15.1. The lowest BCUT2D eigenvalue weighted by molar-refractivity contribution is 0.349. The van der Waals surface area contributed by atoms with Gasteiger partial charge in [0.1, 0.15) is 0 Å². The highest BCUT2D eigenvalue weighted by molar-refractivity contribution is 5.29. The molecule has 1 aromatic carbocycles. The minimum absolute atomic E-state index is 0.862. The zero-order chi connectivity index (χ0) is 12.1. The Hall–Kier alpha value is -0.860. The second-order valence-electron chi connectivity index (χ2n) is 5.09. The summed E-state index contributed by atoms with van der Waals surface area (Å²) in [6, 6.07) is 9.06. The van der Waals surface area contributed by atoms with Gasteiger partial charge in [-0.25, -0.2) is 0 Å². The summed E-state index contributed by atoms with van der Waals surface area (Å²) in [7, 11) is 2.16. The molecule has 1 aliphatic rings. The van der Waals surface area contributed by atoms with Crippen molar-refractivity contribution in [3.8, 4) is 0 Å². The van der Waals surface area contributed by atoms with Gasteiger partial charge < -0.3 is 10.2 Å². The molecule has 0 aliphatic heterocycles. The lowest BCUT2D eigenvalue weighted by Crippen LogP contribution is -2.28. The molecule has 1 N–H and O–H groups in total. The first kappa shape index (κ1) is 12.6. The Labute approximate surface area is 105 Å². The Kier molecular flexibility index (Phi) is 4.57. The molecule has 0 aromatic heterocycles. The van der Waals surface area contributed by atoms with Crippen molar-refractivity contribution in [1.82, 2.24) is 10.2 Å². The molecule has 1 fully saturated rings. The number of benzene rings is 1. The average molecular weight is 232 g/mol. The van der Waals surface area contributed by atoms with E-state index in [9.17, 15) is 0 Å². The summed E-state index contributed by atoms with van der Waals surface area (Å²) in [5.41, 5.74) is 2.96. The van der Waals surface area contributed by atoms with Crippen molar-refractivity contribution in [1.29, 1.82) is 0 Å². The maximum atomic E-state index is 3.51. The normalized spacial score (nSPS) is 15.5. The smallest absolute Gasteiger partial charge is 0.0206 e. The van der Waals surface area contributed by atoms with Crippen LogP contribution in [0.15, 0.2) is 24.3 Å². The van der Waals surface area contributed by atoms with Gasteiger partial charge in [0.2, 0.25) is 0 Å². The van der Waals surface area contributed by atoms with Crippen molar-refractivity contribution in [3.63, 3.8) is 0 Å². The van der Waals surface area contributed by atoms with Gasteiger partial charge in [0, 0.05) is 19.6 Å². The molecule has 94 valence electrons. The van der Waals surface area contributed by atoms with Crippen LogP contribution >= 0.6 is 0 Å². The van der Waals surface area contributed by atoms with Gasteiger partial charge in [0.25, 0.3) is 0 Å². The maximum Gasteiger partial charge on any atom is 0.0206 e. The molecule has 0 amide bonds. The predicted octanol–water partition coefficient (Wildman–Crippen LogP) is 2.61. The largest absolute Gasteiger partial charge is 0.311 e. The molecule has 2 nitrogen and oxygen atoms in total. The van der Waals surface area contributed by atoms with Gasteiger partial charge in [-0.15, -0.1) is 0 Å². The standard InChI is InChI=1S/C15H24N2/c1-3-17(2)10-9-16-12-13-5-4-6-15(11-13)14-7-8-14/h4-6,11,14,16H,3,7-10,12H2,1-2H3. The molecule has 1 aromatic rings. The molecule has 2 heteroatoms. The fraction of sp³-hybridized carbons (Fsp3) is 0.600. The zero-order valence-corrected chi connectivity index (χ0v) is 11.1. The van der Waals surface area contributed by atoms with Crippen LogP contribution in [0.3, 0.4) is 0 Å². The average Bonchev–Trinajstić information content (AvgIpc) is 3.19. The van der Waals surface area contributed by atoms with Gasteiger partial charge in [-0.3, -0.25) is 0 Å². The molecule has 17 heavy (non-hydrogen) atoms. The number of nitrogens with zero attached hydrogens (tertiary/aromatic N) is 1. The molecule has 0 bridgehead atoms. The van der Waals surface area contributed by atoms with Crippen LogP contribution in [-0.2, 0) is 6.54 Å². The van der Waals surface area contributed by atoms with Gasteiger partial charge in [0.15, 0.2) is 0 Å². The van der Waals surface area contributed by atoms with Crippen molar-refractivity contribution >= 4 is 0 Å². The fourth-order valence-electron chi connectivity index (χ4n) is 2.03. The summed E-state index contributed by atoms with van der Waals surface area (Å²) >= 11 is 0. The number of nitrogens with one attached hydrogen (secondary N) is 1. The van der Waals surface area contributed by atoms with Gasteiger partial charge in [0.05, 0.1) is 0 Å². The third kappa shape index (κ3) is 4.14. The minimum Gasteiger partial charge on any atom is -0.311 e. The monoisotopic (exact) mass is 232 g/mol. The summed E-state index contributed by atoms with van der Waals surface area (Å²) in [5, 5.41) is 3.51. The first-order valence-electron chi connectivity index (χ1n) is 6.77. The molecule has 0 spiro atoms. The van der Waals surface area contributed by atoms with E-state index in [1.165, 1.54) is 24.0 Å². The molecule has 1 saturated carbocycles. The van der Waals surface area contributed by atoms with Crippen molar-refractivity contribution in [3.05, 3.63) is 35.4 Å². The third-order valence-electron chi connectivity index (χ3n) is 3.54. The van der Waals surface area contributed by atoms with E-state index in [0.717, 1.165) is 32.1 Å². The highest BCUT2D eigenvalue weighted by Gasteiger charge is 2.23. The summed E-state index contributed by atoms with van der Waals surface area (Å²) in [4.78, 5) is 2.33. The Bertz CT molecular complexity index is 345. The maximum absolute atomic E-state index is 3.51. The topological polar surface area (TPSA) is 15.3 Å². The molecule has 0 saturated heterocycles. The summed E-state index contributed by atoms with van der Waals surface area (Å²) in [5.74, 6) is 0.862. The Morgan fingerprint density at radius 1 is 1.35 bits per heavy atom. The van der Waals surface area contributed by atoms with Crippen molar-refractivity contribution < 1.29 is 0 Å². The molecule has 0 heterocycles. The molecular formula is C15H24N2. The summed E-state index contributed by atoms with van der Waals surface area (Å²) in [6.45, 7) is 6.51. The van der Waals surface area contributed by atoms with Crippen LogP contribution < -0.4 is 5.32 Å². The zero-order valence-electron chi connectivity index (χ0n) is 11.1. The van der Waals surface area contributed by atoms with E-state index in [2.05, 4.69) is 48.5 Å². The van der Waals surface area contributed by atoms with Crippen LogP contribution in [0.5, 0.6) is 0 Å². The molecule has 0 atom stereocenters. The van der Waals surface area contributed by atoms with Crippen LogP contribution in [-0.4, -0.2) is 31.6 Å². The molecule has 1 aliphatic carbocycles. The number of hydrogen-bond donors (Lipinski definition) is 1. The Morgan fingerprint density at radius 2 is 2.18 bits per heavy atom. The number of likely N-dealkylation sites (N-methyl/N-ethyl adjacent to an activating group) is 1. The molecule has 2 rings (SSSR count). The van der Waals surface area contributed by atoms with Crippen LogP contribution in [0.1, 0.15) is 36.8 Å². The predicted molar refractivity (Wildman–Crippen MR) is 73.3 cm³/mol. The molecule has 0 radical (unpaired) electrons. The molecule has 0 unspecified atom stereocenters. The van der Waals surface area contributed by atoms with Crippen molar-refractivity contribution in [2.45, 2.75) is 32.2 Å². The summed E-state index contributed by atoms with van der Waals surface area (Å²) < 4.78 is 0. The first-order chi connectivity index (χ1) is 8.29. The van der Waals surface area contributed by atoms with Gasteiger partial charge >= 0.3 is 0 Å². The van der Waals surface area contributed by atoms with Gasteiger partial charge in [-0.1, -0.05) is 31.2 Å². The highest BCUT2D eigenvalue weighted by Crippen LogP contribution is 2.40. The van der Waals surface area contributed by atoms with E-state index < -0.39 is 0 Å². The van der Waals surface area contributed by atoms with E-state index in [1.807, 2.05) is 0 Å². The second kappa shape index (κ2) is 6.18. The SMILES string of the molecule is CCN(C)CCNCc1cccc(C2CC2)c1. The van der Waals surface area contributed by atoms with E-state index in [-0.39, 0.29) is 0 Å². The first-order valence-corrected chi connectivity index (χ1v) is 6.77. The Balaban J connectivity index is 1.73. The van der Waals surface area contributed by atoms with E-state index in [0.29, 0.717) is 0 Å². The van der Waals surface area contributed by atoms with Crippen LogP contribution in [0.4, 0.5) is 0 Å². The minimum atomic E-state index is 0.862. The van der Waals surface area contributed by atoms with Crippen LogP contribution in [0, 0.1) is 0 Å². The second-order valence-corrected chi connectivity index (χ2v) is 5.09. The summed E-state index contributed by atoms with van der Waals surface area (Å²) in [6.07, 6.45) is 2.77. The van der Waals surface area contributed by atoms with Gasteiger partial charge in [-0.2, -0.15) is 0 Å². The fourth-order valence-corrected chi connectivity index (χ4v) is 2.03. The van der Waals surface area contributed by atoms with Crippen molar-refractivity contribution in [2.75, 3.05) is 26.7 Å². The quantitative estimate of drug-likeness (QED) is 0.727. The van der Waals surface area contributed by atoms with E-state index in [1.54, 1.807) is 0 Å². The van der Waals surface area contributed by atoms with Crippen LogP contribution in [0.2, 0.25) is 0 Å². The number of rotatable bonds is 7. The lowest BCUT2D eigenvalue weighted by atomic mass is 10.1. The van der Waals surface area contributed by atoms with Crippen molar-refractivity contribution in [2.24, 2.45) is 0 Å². The third-order valence-corrected chi connectivity index (χ3v) is 3.54. The lowest BCUT2D eigenvalue weighted by Gasteiger charge is -2.14. The van der Waals surface area contributed by atoms with E-state index in [4.69, 9.17) is 0 Å². The van der Waals surface area contributed by atoms with Gasteiger partial charge in [-0.05, 0) is 43.5 Å². The van der Waals surface area contributed by atoms with Crippen LogP contribution in [0.25, 0.3) is 0 Å². The number of hydrogen-bond acceptors (Lipinski definition) is 2. The van der Waals surface area contributed by atoms with E-state index >= 15 is 0 Å². The Morgan fingerprint density at radius 3 is 2.88 bits per heavy atom. The molecular weight excluding hydrogens is 208 g/mol.